The van der Waals surface area contributed by atoms with Gasteiger partial charge in [-0.15, -0.1) is 0 Å². The number of carboxylic acids is 1. The number of allylic oxidation sites excluding steroid dienone is 4. The van der Waals surface area contributed by atoms with E-state index in [0.29, 0.717) is 0 Å². The summed E-state index contributed by atoms with van der Waals surface area (Å²) in [5, 5.41) is 10.1. The fraction of sp³-hybridized carbons (Fsp3) is 0.435. The average molecular weight is 336 g/mol. The van der Waals surface area contributed by atoms with Gasteiger partial charge in [0.15, 0.2) is 0 Å². The highest BCUT2D eigenvalue weighted by molar-refractivity contribution is 5.84. The van der Waals surface area contributed by atoms with Gasteiger partial charge in [0.25, 0.3) is 0 Å². The van der Waals surface area contributed by atoms with E-state index in [1.54, 1.807) is 0 Å². The Bertz CT molecular complexity index is 764. The average Bonchev–Trinajstić information content (AvgIpc) is 2.90. The Balaban J connectivity index is 2.46. The Hall–Kier alpha value is -2.09. The minimum atomic E-state index is -0.726. The molecular weight excluding hydrogens is 308 g/mol. The Morgan fingerprint density at radius 3 is 2.00 bits per heavy atom. The molecule has 0 saturated carbocycles. The summed E-state index contributed by atoms with van der Waals surface area (Å²) in [5.74, 6) is -1.26. The molecule has 0 bridgehead atoms. The zero-order valence-electron chi connectivity index (χ0n) is 15.7. The van der Waals surface area contributed by atoms with Crippen LogP contribution in [0.4, 0.5) is 0 Å². The molecule has 25 heavy (non-hydrogen) atoms. The third-order valence-electron chi connectivity index (χ3n) is 6.05. The topological polar surface area (TPSA) is 37.3 Å². The Morgan fingerprint density at radius 1 is 0.960 bits per heavy atom. The Morgan fingerprint density at radius 2 is 1.52 bits per heavy atom. The molecule has 2 aliphatic carbocycles. The fourth-order valence-corrected chi connectivity index (χ4v) is 5.34. The van der Waals surface area contributed by atoms with E-state index in [9.17, 15) is 9.90 Å². The number of rotatable bonds is 5. The number of benzene rings is 1. The third-order valence-corrected chi connectivity index (χ3v) is 6.05. The first kappa shape index (κ1) is 17.7. The van der Waals surface area contributed by atoms with Gasteiger partial charge in [-0.1, -0.05) is 75.3 Å². The molecule has 1 aromatic rings. The largest absolute Gasteiger partial charge is 0.481 e. The van der Waals surface area contributed by atoms with Gasteiger partial charge in [-0.25, -0.2) is 0 Å². The van der Waals surface area contributed by atoms with Gasteiger partial charge in [0.2, 0.25) is 0 Å². The second-order valence-corrected chi connectivity index (χ2v) is 6.90. The van der Waals surface area contributed by atoms with E-state index in [-0.39, 0.29) is 0 Å². The van der Waals surface area contributed by atoms with E-state index in [1.807, 2.05) is 18.2 Å². The van der Waals surface area contributed by atoms with E-state index in [2.05, 4.69) is 45.9 Å². The van der Waals surface area contributed by atoms with E-state index in [0.717, 1.165) is 31.2 Å². The summed E-state index contributed by atoms with van der Waals surface area (Å²) in [5.41, 5.74) is 7.28. The minimum absolute atomic E-state index is 0.503. The third kappa shape index (κ3) is 2.27. The van der Waals surface area contributed by atoms with Gasteiger partial charge in [0.1, 0.15) is 0 Å². The SMILES string of the molecule is CCC1=C(CC)C2(C(CC)=C1CC)c1ccccc1C=CC2C(=O)O. The van der Waals surface area contributed by atoms with Crippen LogP contribution >= 0.6 is 0 Å². The van der Waals surface area contributed by atoms with Crippen molar-refractivity contribution < 1.29 is 9.90 Å². The molecule has 132 valence electrons. The summed E-state index contributed by atoms with van der Waals surface area (Å²) in [4.78, 5) is 12.3. The summed E-state index contributed by atoms with van der Waals surface area (Å²) in [6, 6.07) is 8.35. The number of carboxylic acid groups (broad SMARTS) is 1. The van der Waals surface area contributed by atoms with Crippen molar-refractivity contribution in [3.63, 3.8) is 0 Å². The van der Waals surface area contributed by atoms with Gasteiger partial charge >= 0.3 is 5.97 Å². The standard InChI is InChI=1S/C23H28O2/c1-5-16-17(6-2)19(8-4)23(18(16)7-3)20-12-10-9-11-15(20)13-14-21(23)22(24)25/h9-14,21H,5-8H2,1-4H3,(H,24,25). The van der Waals surface area contributed by atoms with Gasteiger partial charge in [0, 0.05) is 0 Å². The van der Waals surface area contributed by atoms with Crippen LogP contribution < -0.4 is 0 Å². The highest BCUT2D eigenvalue weighted by atomic mass is 16.4. The van der Waals surface area contributed by atoms with Crippen LogP contribution in [0.3, 0.4) is 0 Å². The molecule has 0 aliphatic heterocycles. The van der Waals surface area contributed by atoms with Crippen molar-refractivity contribution in [2.75, 3.05) is 0 Å². The van der Waals surface area contributed by atoms with Gasteiger partial charge in [-0.3, -0.25) is 4.79 Å². The molecule has 2 nitrogen and oxygen atoms in total. The van der Waals surface area contributed by atoms with Crippen LogP contribution in [0, 0.1) is 5.92 Å². The molecule has 1 N–H and O–H groups in total. The lowest BCUT2D eigenvalue weighted by Gasteiger charge is -2.43. The molecule has 2 heteroatoms. The quantitative estimate of drug-likeness (QED) is 0.727. The molecule has 2 aliphatic rings. The lowest BCUT2D eigenvalue weighted by Crippen LogP contribution is -2.43. The van der Waals surface area contributed by atoms with E-state index in [1.165, 1.54) is 27.9 Å². The van der Waals surface area contributed by atoms with Crippen molar-refractivity contribution >= 4 is 12.0 Å². The number of fused-ring (bicyclic) bond motifs is 2. The second-order valence-electron chi connectivity index (χ2n) is 6.90. The van der Waals surface area contributed by atoms with Crippen LogP contribution in [0.15, 0.2) is 52.6 Å². The molecule has 1 unspecified atom stereocenters. The number of hydrogen-bond acceptors (Lipinski definition) is 1. The zero-order valence-corrected chi connectivity index (χ0v) is 15.7. The molecule has 0 saturated heterocycles. The molecular formula is C23H28O2. The molecule has 1 spiro atoms. The second kappa shape index (κ2) is 6.67. The van der Waals surface area contributed by atoms with E-state index < -0.39 is 17.3 Å². The lowest BCUT2D eigenvalue weighted by molar-refractivity contribution is -0.141. The van der Waals surface area contributed by atoms with Gasteiger partial charge in [-0.05, 0) is 48.0 Å². The van der Waals surface area contributed by atoms with Crippen molar-refractivity contribution in [1.82, 2.24) is 0 Å². The lowest BCUT2D eigenvalue weighted by atomic mass is 9.58. The van der Waals surface area contributed by atoms with Crippen molar-refractivity contribution in [1.29, 1.82) is 0 Å². The highest BCUT2D eigenvalue weighted by Crippen LogP contribution is 2.59. The monoisotopic (exact) mass is 336 g/mol. The maximum Gasteiger partial charge on any atom is 0.311 e. The maximum atomic E-state index is 12.3. The van der Waals surface area contributed by atoms with Crippen LogP contribution in [0.5, 0.6) is 0 Å². The molecule has 0 heterocycles. The van der Waals surface area contributed by atoms with Crippen molar-refractivity contribution in [2.24, 2.45) is 5.92 Å². The number of aliphatic carboxylic acids is 1. The zero-order chi connectivity index (χ0) is 18.2. The molecule has 1 aromatic carbocycles. The van der Waals surface area contributed by atoms with E-state index >= 15 is 0 Å². The Kier molecular flexibility index (Phi) is 4.73. The fourth-order valence-electron chi connectivity index (χ4n) is 5.34. The summed E-state index contributed by atoms with van der Waals surface area (Å²) in [6.07, 6.45) is 7.63. The van der Waals surface area contributed by atoms with Crippen molar-refractivity contribution in [3.8, 4) is 0 Å². The Labute approximate surface area is 151 Å². The minimum Gasteiger partial charge on any atom is -0.481 e. The normalized spacial score (nSPS) is 21.2. The smallest absolute Gasteiger partial charge is 0.311 e. The van der Waals surface area contributed by atoms with Gasteiger partial charge in [-0.2, -0.15) is 0 Å². The maximum absolute atomic E-state index is 12.3. The summed E-state index contributed by atoms with van der Waals surface area (Å²) in [7, 11) is 0. The van der Waals surface area contributed by atoms with Crippen LogP contribution in [0.2, 0.25) is 0 Å². The summed E-state index contributed by atoms with van der Waals surface area (Å²) < 4.78 is 0. The van der Waals surface area contributed by atoms with Gasteiger partial charge < -0.3 is 5.11 Å². The highest BCUT2D eigenvalue weighted by Gasteiger charge is 2.54. The summed E-state index contributed by atoms with van der Waals surface area (Å²) in [6.45, 7) is 8.76. The molecule has 3 rings (SSSR count). The van der Waals surface area contributed by atoms with Crippen LogP contribution in [0.1, 0.15) is 64.5 Å². The van der Waals surface area contributed by atoms with E-state index in [4.69, 9.17) is 0 Å². The molecule has 0 radical (unpaired) electrons. The van der Waals surface area contributed by atoms with Crippen LogP contribution in [-0.2, 0) is 10.2 Å². The van der Waals surface area contributed by atoms with Crippen LogP contribution in [0.25, 0.3) is 6.08 Å². The molecule has 0 amide bonds. The molecule has 0 fully saturated rings. The first-order chi connectivity index (χ1) is 12.1. The van der Waals surface area contributed by atoms with Crippen molar-refractivity contribution in [2.45, 2.75) is 58.8 Å². The summed E-state index contributed by atoms with van der Waals surface area (Å²) >= 11 is 0. The first-order valence-corrected chi connectivity index (χ1v) is 9.53. The predicted octanol–water partition coefficient (Wildman–Crippen LogP) is 5.90. The first-order valence-electron chi connectivity index (χ1n) is 9.53. The van der Waals surface area contributed by atoms with Crippen LogP contribution in [-0.4, -0.2) is 11.1 Å². The molecule has 1 atom stereocenters. The predicted molar refractivity (Wildman–Crippen MR) is 103 cm³/mol. The number of hydrogen-bond donors (Lipinski definition) is 1. The van der Waals surface area contributed by atoms with Crippen molar-refractivity contribution in [3.05, 3.63) is 63.8 Å². The molecule has 0 aromatic heterocycles. The number of carbonyl (C=O) groups is 1. The van der Waals surface area contributed by atoms with Gasteiger partial charge in [0.05, 0.1) is 11.3 Å².